The first-order valence-corrected chi connectivity index (χ1v) is 8.27. The zero-order chi connectivity index (χ0) is 15.7. The Morgan fingerprint density at radius 1 is 1.36 bits per heavy atom. The standard InChI is InChI=1S/C16H30N2O3.ClH/c1-3-7-13(2)17-16(21)14-8-6-11-18(12-14)10-5-4-9-15(19)20;/h13-14H,3-12H2,1-2H3,(H,17,21)(H,19,20);1H. The monoisotopic (exact) mass is 334 g/mol. The SMILES string of the molecule is CCCC(C)NC(=O)C1CCCN(CCCCC(=O)O)C1.Cl. The maximum atomic E-state index is 12.2. The molecule has 0 aromatic heterocycles. The van der Waals surface area contributed by atoms with Crippen LogP contribution in [0.2, 0.25) is 0 Å². The molecule has 1 rings (SSSR count). The first-order valence-electron chi connectivity index (χ1n) is 8.27. The third-order valence-corrected chi connectivity index (χ3v) is 4.10. The van der Waals surface area contributed by atoms with E-state index in [1.165, 1.54) is 0 Å². The van der Waals surface area contributed by atoms with Gasteiger partial charge in [-0.25, -0.2) is 0 Å². The van der Waals surface area contributed by atoms with Crippen LogP contribution in [-0.4, -0.2) is 47.6 Å². The van der Waals surface area contributed by atoms with Gasteiger partial charge in [-0.3, -0.25) is 9.59 Å². The van der Waals surface area contributed by atoms with Gasteiger partial charge in [-0.2, -0.15) is 0 Å². The summed E-state index contributed by atoms with van der Waals surface area (Å²) in [5.41, 5.74) is 0. The van der Waals surface area contributed by atoms with E-state index in [0.29, 0.717) is 0 Å². The fraction of sp³-hybridized carbons (Fsp3) is 0.875. The predicted molar refractivity (Wildman–Crippen MR) is 90.4 cm³/mol. The summed E-state index contributed by atoms with van der Waals surface area (Å²) < 4.78 is 0. The topological polar surface area (TPSA) is 69.6 Å². The van der Waals surface area contributed by atoms with Crippen LogP contribution in [0.15, 0.2) is 0 Å². The first kappa shape index (κ1) is 21.2. The van der Waals surface area contributed by atoms with Crippen LogP contribution in [0.25, 0.3) is 0 Å². The number of piperidine rings is 1. The van der Waals surface area contributed by atoms with Crippen LogP contribution in [0, 0.1) is 5.92 Å². The van der Waals surface area contributed by atoms with E-state index in [4.69, 9.17) is 5.11 Å². The van der Waals surface area contributed by atoms with Crippen LogP contribution < -0.4 is 5.32 Å². The van der Waals surface area contributed by atoms with E-state index in [9.17, 15) is 9.59 Å². The molecule has 2 unspecified atom stereocenters. The first-order chi connectivity index (χ1) is 10.0. The van der Waals surface area contributed by atoms with Gasteiger partial charge in [0.1, 0.15) is 0 Å². The summed E-state index contributed by atoms with van der Waals surface area (Å²) in [6, 6.07) is 0.258. The third-order valence-electron chi connectivity index (χ3n) is 4.10. The van der Waals surface area contributed by atoms with Gasteiger partial charge in [-0.1, -0.05) is 13.3 Å². The average molecular weight is 335 g/mol. The second-order valence-electron chi connectivity index (χ2n) is 6.19. The molecular weight excluding hydrogens is 304 g/mol. The third kappa shape index (κ3) is 8.59. The molecule has 5 nitrogen and oxygen atoms in total. The molecule has 6 heteroatoms. The van der Waals surface area contributed by atoms with E-state index >= 15 is 0 Å². The number of likely N-dealkylation sites (tertiary alicyclic amines) is 1. The van der Waals surface area contributed by atoms with Crippen LogP contribution >= 0.6 is 12.4 Å². The number of nitrogens with one attached hydrogen (secondary N) is 1. The highest BCUT2D eigenvalue weighted by atomic mass is 35.5. The summed E-state index contributed by atoms with van der Waals surface area (Å²) in [6.07, 6.45) is 5.99. The lowest BCUT2D eigenvalue weighted by molar-refractivity contribution is -0.137. The number of carbonyl (C=O) groups is 2. The van der Waals surface area contributed by atoms with Gasteiger partial charge in [0, 0.05) is 19.0 Å². The second kappa shape index (κ2) is 11.7. The van der Waals surface area contributed by atoms with Gasteiger partial charge in [0.05, 0.1) is 5.92 Å². The van der Waals surface area contributed by atoms with Gasteiger partial charge in [0.25, 0.3) is 0 Å². The molecule has 1 amide bonds. The van der Waals surface area contributed by atoms with E-state index in [2.05, 4.69) is 24.1 Å². The minimum atomic E-state index is -0.726. The fourth-order valence-electron chi connectivity index (χ4n) is 2.95. The molecule has 1 aliphatic heterocycles. The lowest BCUT2D eigenvalue weighted by atomic mass is 9.96. The van der Waals surface area contributed by atoms with Crippen molar-refractivity contribution in [3.63, 3.8) is 0 Å². The maximum Gasteiger partial charge on any atom is 0.303 e. The zero-order valence-electron chi connectivity index (χ0n) is 13.8. The number of halogens is 1. The van der Waals surface area contributed by atoms with Crippen LogP contribution in [0.3, 0.4) is 0 Å². The Bertz CT molecular complexity index is 339. The van der Waals surface area contributed by atoms with Crippen molar-refractivity contribution in [2.75, 3.05) is 19.6 Å². The van der Waals surface area contributed by atoms with Crippen molar-refractivity contribution in [2.24, 2.45) is 5.92 Å². The average Bonchev–Trinajstić information content (AvgIpc) is 2.44. The molecule has 2 atom stereocenters. The van der Waals surface area contributed by atoms with Gasteiger partial charge >= 0.3 is 5.97 Å². The van der Waals surface area contributed by atoms with Crippen molar-refractivity contribution in [1.82, 2.24) is 10.2 Å². The minimum absolute atomic E-state index is 0. The normalized spacial score (nSPS) is 20.0. The van der Waals surface area contributed by atoms with Crippen molar-refractivity contribution in [3.05, 3.63) is 0 Å². The predicted octanol–water partition coefficient (Wildman–Crippen LogP) is 2.68. The van der Waals surface area contributed by atoms with E-state index in [1.807, 2.05) is 0 Å². The second-order valence-corrected chi connectivity index (χ2v) is 6.19. The van der Waals surface area contributed by atoms with Crippen molar-refractivity contribution in [3.8, 4) is 0 Å². The molecule has 1 heterocycles. The molecule has 0 bridgehead atoms. The summed E-state index contributed by atoms with van der Waals surface area (Å²) in [5, 5.41) is 11.7. The summed E-state index contributed by atoms with van der Waals surface area (Å²) in [4.78, 5) is 25.0. The van der Waals surface area contributed by atoms with Crippen LogP contribution in [-0.2, 0) is 9.59 Å². The maximum absolute atomic E-state index is 12.2. The highest BCUT2D eigenvalue weighted by Gasteiger charge is 2.26. The Morgan fingerprint density at radius 2 is 2.09 bits per heavy atom. The zero-order valence-corrected chi connectivity index (χ0v) is 14.7. The summed E-state index contributed by atoms with van der Waals surface area (Å²) in [7, 11) is 0. The number of carboxylic acids is 1. The van der Waals surface area contributed by atoms with E-state index in [0.717, 1.165) is 58.2 Å². The van der Waals surface area contributed by atoms with Gasteiger partial charge in [0.15, 0.2) is 0 Å². The van der Waals surface area contributed by atoms with E-state index in [-0.39, 0.29) is 36.7 Å². The number of hydrogen-bond acceptors (Lipinski definition) is 3. The lowest BCUT2D eigenvalue weighted by Gasteiger charge is -2.32. The Kier molecular flexibility index (Phi) is 11.3. The quantitative estimate of drug-likeness (QED) is 0.636. The van der Waals surface area contributed by atoms with E-state index < -0.39 is 5.97 Å². The summed E-state index contributed by atoms with van der Waals surface area (Å²) in [6.45, 7) is 6.94. The highest BCUT2D eigenvalue weighted by Crippen LogP contribution is 2.17. The number of rotatable bonds is 9. The number of nitrogens with zero attached hydrogens (tertiary/aromatic N) is 1. The molecule has 22 heavy (non-hydrogen) atoms. The molecule has 1 saturated heterocycles. The van der Waals surface area contributed by atoms with Gasteiger partial charge in [-0.15, -0.1) is 12.4 Å². The molecule has 0 saturated carbocycles. The molecule has 130 valence electrons. The number of aliphatic carboxylic acids is 1. The Morgan fingerprint density at radius 3 is 2.73 bits per heavy atom. The van der Waals surface area contributed by atoms with E-state index in [1.54, 1.807) is 0 Å². The van der Waals surface area contributed by atoms with Crippen molar-refractivity contribution in [2.45, 2.75) is 64.8 Å². The highest BCUT2D eigenvalue weighted by molar-refractivity contribution is 5.85. The smallest absolute Gasteiger partial charge is 0.303 e. The number of carbonyl (C=O) groups excluding carboxylic acids is 1. The molecule has 0 aromatic rings. The molecule has 0 aliphatic carbocycles. The van der Waals surface area contributed by atoms with Crippen LogP contribution in [0.5, 0.6) is 0 Å². The largest absolute Gasteiger partial charge is 0.481 e. The Hall–Kier alpha value is -0.810. The summed E-state index contributed by atoms with van der Waals surface area (Å²) in [5.74, 6) is -0.445. The molecule has 0 aromatic carbocycles. The minimum Gasteiger partial charge on any atom is -0.481 e. The number of carboxylic acid groups (broad SMARTS) is 1. The molecule has 1 fully saturated rings. The molecule has 1 aliphatic rings. The Labute approximate surface area is 140 Å². The number of unbranched alkanes of at least 4 members (excludes halogenated alkanes) is 1. The van der Waals surface area contributed by atoms with Crippen LogP contribution in [0.1, 0.15) is 58.8 Å². The molecule has 0 radical (unpaired) electrons. The number of amides is 1. The van der Waals surface area contributed by atoms with Gasteiger partial charge in [-0.05, 0) is 52.1 Å². The van der Waals surface area contributed by atoms with Crippen molar-refractivity contribution in [1.29, 1.82) is 0 Å². The molecule has 0 spiro atoms. The molecule has 2 N–H and O–H groups in total. The number of hydrogen-bond donors (Lipinski definition) is 2. The lowest BCUT2D eigenvalue weighted by Crippen LogP contribution is -2.45. The Balaban J connectivity index is 0.00000441. The molecular formula is C16H31ClN2O3. The van der Waals surface area contributed by atoms with Gasteiger partial charge < -0.3 is 15.3 Å². The fourth-order valence-corrected chi connectivity index (χ4v) is 2.95. The summed E-state index contributed by atoms with van der Waals surface area (Å²) >= 11 is 0. The van der Waals surface area contributed by atoms with Crippen LogP contribution in [0.4, 0.5) is 0 Å². The van der Waals surface area contributed by atoms with Gasteiger partial charge in [0.2, 0.25) is 5.91 Å². The van der Waals surface area contributed by atoms with Crippen molar-refractivity contribution < 1.29 is 14.7 Å². The van der Waals surface area contributed by atoms with Crippen molar-refractivity contribution >= 4 is 24.3 Å².